The number of hydrogen-bond acceptors (Lipinski definition) is 4. The zero-order valence-corrected chi connectivity index (χ0v) is 18.0. The largest absolute Gasteiger partial charge is 0.417 e. The van der Waals surface area contributed by atoms with Gasteiger partial charge < -0.3 is 5.32 Å². The Kier molecular flexibility index (Phi) is 7.22. The number of amides is 1. The van der Waals surface area contributed by atoms with Gasteiger partial charge in [0.2, 0.25) is 15.9 Å². The highest BCUT2D eigenvalue weighted by molar-refractivity contribution is 7.89. The summed E-state index contributed by atoms with van der Waals surface area (Å²) < 4.78 is 67.1. The molecule has 0 atom stereocenters. The molecule has 0 aliphatic rings. The van der Waals surface area contributed by atoms with Crippen LogP contribution in [0.5, 0.6) is 0 Å². The van der Waals surface area contributed by atoms with Crippen molar-refractivity contribution in [2.24, 2.45) is 0 Å². The second-order valence-electron chi connectivity index (χ2n) is 6.69. The van der Waals surface area contributed by atoms with Gasteiger partial charge in [-0.25, -0.2) is 17.8 Å². The molecule has 0 aliphatic carbocycles. The molecule has 1 amide bonds. The minimum atomic E-state index is -4.79. The highest BCUT2D eigenvalue weighted by Gasteiger charge is 2.34. The summed E-state index contributed by atoms with van der Waals surface area (Å²) in [5, 5.41) is 6.23. The molecule has 1 aromatic heterocycles. The fraction of sp³-hybridized carbons (Fsp3) is 0.200. The first kappa shape index (κ1) is 23.8. The van der Waals surface area contributed by atoms with Gasteiger partial charge in [-0.2, -0.15) is 18.3 Å². The van der Waals surface area contributed by atoms with Gasteiger partial charge in [0.1, 0.15) is 0 Å². The molecular weight excluding hydrogens is 469 g/mol. The number of aromatic nitrogens is 2. The molecule has 2 aromatic carbocycles. The number of hydrogen-bond donors (Lipinski definition) is 2. The van der Waals surface area contributed by atoms with Crippen molar-refractivity contribution < 1.29 is 26.4 Å². The van der Waals surface area contributed by atoms with Crippen LogP contribution in [0.25, 0.3) is 5.69 Å². The molecular formula is C20H18ClF3N4O3S. The first-order chi connectivity index (χ1) is 15.1. The number of nitrogens with one attached hydrogen (secondary N) is 2. The summed E-state index contributed by atoms with van der Waals surface area (Å²) in [7, 11) is -4.25. The molecule has 0 radical (unpaired) electrons. The van der Waals surface area contributed by atoms with E-state index in [-0.39, 0.29) is 19.5 Å². The first-order valence-electron chi connectivity index (χ1n) is 9.28. The maximum absolute atomic E-state index is 12.9. The summed E-state index contributed by atoms with van der Waals surface area (Å²) in [4.78, 5) is 11.4. The van der Waals surface area contributed by atoms with Gasteiger partial charge in [-0.3, -0.25) is 4.79 Å². The first-order valence-corrected chi connectivity index (χ1v) is 11.1. The van der Waals surface area contributed by atoms with Gasteiger partial charge in [0.25, 0.3) is 0 Å². The summed E-state index contributed by atoms with van der Waals surface area (Å²) >= 11 is 5.50. The Labute approximate surface area is 187 Å². The lowest BCUT2D eigenvalue weighted by Crippen LogP contribution is -2.30. The number of rotatable bonds is 8. The average Bonchev–Trinajstić information content (AvgIpc) is 3.21. The summed E-state index contributed by atoms with van der Waals surface area (Å²) in [6.07, 6.45) is -1.66. The van der Waals surface area contributed by atoms with Crippen LogP contribution in [0.1, 0.15) is 17.5 Å². The molecule has 0 unspecified atom stereocenters. The van der Waals surface area contributed by atoms with Crippen molar-refractivity contribution >= 4 is 27.5 Å². The van der Waals surface area contributed by atoms with E-state index in [4.69, 9.17) is 11.6 Å². The molecule has 0 spiro atoms. The summed E-state index contributed by atoms with van der Waals surface area (Å²) in [5.41, 5.74) is 0.342. The molecule has 7 nitrogen and oxygen atoms in total. The molecule has 1 heterocycles. The summed E-state index contributed by atoms with van der Waals surface area (Å²) in [6.45, 7) is -0.105. The Bertz CT molecular complexity index is 1200. The van der Waals surface area contributed by atoms with E-state index >= 15 is 0 Å². The third-order valence-corrected chi connectivity index (χ3v) is 6.13. The third kappa shape index (κ3) is 6.09. The SMILES string of the molecule is O=C(CCNS(=O)(=O)c1ccc(Cl)c(C(F)(F)F)c1)NCc1cnn(-c2ccccc2)c1. The predicted octanol–water partition coefficient (Wildman–Crippen LogP) is 3.53. The average molecular weight is 487 g/mol. The fourth-order valence-corrected chi connectivity index (χ4v) is 4.02. The number of alkyl halides is 3. The van der Waals surface area contributed by atoms with Gasteiger partial charge in [-0.05, 0) is 30.3 Å². The van der Waals surface area contributed by atoms with E-state index in [9.17, 15) is 26.4 Å². The number of halogens is 4. The molecule has 0 aliphatic heterocycles. The number of para-hydroxylation sites is 1. The van der Waals surface area contributed by atoms with E-state index in [0.29, 0.717) is 6.07 Å². The normalized spacial score (nSPS) is 12.0. The second kappa shape index (κ2) is 9.72. The number of carbonyl (C=O) groups is 1. The number of sulfonamides is 1. The lowest BCUT2D eigenvalue weighted by Gasteiger charge is -2.12. The van der Waals surface area contributed by atoms with Gasteiger partial charge in [0.15, 0.2) is 0 Å². The van der Waals surface area contributed by atoms with E-state index in [1.807, 2.05) is 30.3 Å². The van der Waals surface area contributed by atoms with Gasteiger partial charge in [0, 0.05) is 31.3 Å². The van der Waals surface area contributed by atoms with Gasteiger partial charge >= 0.3 is 6.18 Å². The minimum Gasteiger partial charge on any atom is -0.352 e. The van der Waals surface area contributed by atoms with E-state index in [1.54, 1.807) is 17.1 Å². The fourth-order valence-electron chi connectivity index (χ4n) is 2.73. The van der Waals surface area contributed by atoms with Gasteiger partial charge in [0.05, 0.1) is 27.4 Å². The molecule has 2 N–H and O–H groups in total. The Morgan fingerprint density at radius 2 is 1.84 bits per heavy atom. The maximum Gasteiger partial charge on any atom is 0.417 e. The van der Waals surface area contributed by atoms with Crippen LogP contribution in [0.3, 0.4) is 0 Å². The third-order valence-electron chi connectivity index (χ3n) is 4.34. The van der Waals surface area contributed by atoms with E-state index in [2.05, 4.69) is 15.1 Å². The second-order valence-corrected chi connectivity index (χ2v) is 8.87. The highest BCUT2D eigenvalue weighted by atomic mass is 35.5. The highest BCUT2D eigenvalue weighted by Crippen LogP contribution is 2.35. The smallest absolute Gasteiger partial charge is 0.352 e. The summed E-state index contributed by atoms with van der Waals surface area (Å²) in [5.74, 6) is -0.438. The minimum absolute atomic E-state index is 0.185. The number of nitrogens with zero attached hydrogens (tertiary/aromatic N) is 2. The van der Waals surface area contributed by atoms with Gasteiger partial charge in [-0.1, -0.05) is 29.8 Å². The van der Waals surface area contributed by atoms with Gasteiger partial charge in [-0.15, -0.1) is 0 Å². The summed E-state index contributed by atoms with van der Waals surface area (Å²) in [6, 6.07) is 11.6. The zero-order chi connectivity index (χ0) is 23.4. The van der Waals surface area contributed by atoms with Crippen molar-refractivity contribution in [1.82, 2.24) is 19.8 Å². The lowest BCUT2D eigenvalue weighted by atomic mass is 10.2. The van der Waals surface area contributed by atoms with Crippen LogP contribution in [0.2, 0.25) is 5.02 Å². The van der Waals surface area contributed by atoms with Crippen LogP contribution in [0.15, 0.2) is 65.8 Å². The molecule has 3 rings (SSSR count). The quantitative estimate of drug-likeness (QED) is 0.509. The number of carbonyl (C=O) groups excluding carboxylic acids is 1. The molecule has 0 fully saturated rings. The molecule has 12 heteroatoms. The Balaban J connectivity index is 1.51. The van der Waals surface area contributed by atoms with Crippen LogP contribution in [0.4, 0.5) is 13.2 Å². The lowest BCUT2D eigenvalue weighted by molar-refractivity contribution is -0.137. The van der Waals surface area contributed by atoms with Crippen molar-refractivity contribution in [2.45, 2.75) is 24.0 Å². The van der Waals surface area contributed by atoms with Crippen LogP contribution in [-0.2, 0) is 27.5 Å². The van der Waals surface area contributed by atoms with Crippen LogP contribution in [-0.4, -0.2) is 30.7 Å². The topological polar surface area (TPSA) is 93.1 Å². The van der Waals surface area contributed by atoms with Crippen molar-refractivity contribution in [3.63, 3.8) is 0 Å². The zero-order valence-electron chi connectivity index (χ0n) is 16.4. The van der Waals surface area contributed by atoms with Crippen LogP contribution >= 0.6 is 11.6 Å². The standard InChI is InChI=1S/C20H18ClF3N4O3S/c21-18-7-6-16(10-17(18)20(22,23)24)32(30,31)27-9-8-19(29)25-11-14-12-26-28(13-14)15-4-2-1-3-5-15/h1-7,10,12-13,27H,8-9,11H2,(H,25,29). The molecule has 3 aromatic rings. The number of benzene rings is 2. The Hall–Kier alpha value is -2.89. The van der Waals surface area contributed by atoms with Crippen molar-refractivity contribution in [3.05, 3.63) is 77.1 Å². The molecule has 0 saturated heterocycles. The molecule has 0 bridgehead atoms. The Morgan fingerprint density at radius 1 is 1.12 bits per heavy atom. The van der Waals surface area contributed by atoms with Crippen LogP contribution in [0, 0.1) is 0 Å². The van der Waals surface area contributed by atoms with Crippen molar-refractivity contribution in [1.29, 1.82) is 0 Å². The Morgan fingerprint density at radius 3 is 2.53 bits per heavy atom. The van der Waals surface area contributed by atoms with Crippen molar-refractivity contribution in [2.75, 3.05) is 6.54 Å². The van der Waals surface area contributed by atoms with Crippen LogP contribution < -0.4 is 10.0 Å². The van der Waals surface area contributed by atoms with E-state index in [1.165, 1.54) is 0 Å². The maximum atomic E-state index is 12.9. The van der Waals surface area contributed by atoms with E-state index < -0.39 is 37.6 Å². The van der Waals surface area contributed by atoms with Crippen molar-refractivity contribution in [3.8, 4) is 5.69 Å². The molecule has 170 valence electrons. The van der Waals surface area contributed by atoms with E-state index in [0.717, 1.165) is 23.4 Å². The predicted molar refractivity (Wildman–Crippen MR) is 112 cm³/mol. The molecule has 0 saturated carbocycles. The molecule has 32 heavy (non-hydrogen) atoms. The monoisotopic (exact) mass is 486 g/mol.